The molecule has 1 N–H and O–H groups in total. The first-order chi connectivity index (χ1) is 9.06. The molecule has 102 valence electrons. The van der Waals surface area contributed by atoms with E-state index in [-0.39, 0.29) is 4.90 Å². The minimum Gasteiger partial charge on any atom is -0.497 e. The predicted octanol–water partition coefficient (Wildman–Crippen LogP) is 1.71. The summed E-state index contributed by atoms with van der Waals surface area (Å²) in [6.45, 7) is 2.48. The average Bonchev–Trinajstić information content (AvgIpc) is 2.85. The van der Waals surface area contributed by atoms with Crippen molar-refractivity contribution >= 4 is 15.8 Å². The predicted molar refractivity (Wildman–Crippen MR) is 71.7 cm³/mol. The smallest absolute Gasteiger partial charge is 0.263 e. The Morgan fingerprint density at radius 1 is 1.26 bits per heavy atom. The van der Waals surface area contributed by atoms with Crippen LogP contribution in [0.25, 0.3) is 0 Å². The Labute approximate surface area is 112 Å². The molecule has 0 unspecified atom stereocenters. The number of nitrogens with zero attached hydrogens (tertiary/aromatic N) is 2. The molecule has 1 aromatic heterocycles. The van der Waals surface area contributed by atoms with Crippen molar-refractivity contribution in [1.82, 2.24) is 9.78 Å². The van der Waals surface area contributed by atoms with Gasteiger partial charge in [-0.15, -0.1) is 0 Å². The fourth-order valence-corrected chi connectivity index (χ4v) is 2.68. The number of hydrogen-bond donors (Lipinski definition) is 1. The van der Waals surface area contributed by atoms with Gasteiger partial charge in [-0.3, -0.25) is 4.72 Å². The van der Waals surface area contributed by atoms with Crippen LogP contribution in [0.15, 0.2) is 41.4 Å². The second kappa shape index (κ2) is 5.31. The molecule has 7 heteroatoms. The van der Waals surface area contributed by atoms with Gasteiger partial charge >= 0.3 is 0 Å². The van der Waals surface area contributed by atoms with Crippen molar-refractivity contribution < 1.29 is 13.2 Å². The van der Waals surface area contributed by atoms with Gasteiger partial charge in [0.15, 0.2) is 0 Å². The van der Waals surface area contributed by atoms with Gasteiger partial charge in [0.2, 0.25) is 0 Å². The van der Waals surface area contributed by atoms with Crippen LogP contribution in [-0.2, 0) is 16.6 Å². The van der Waals surface area contributed by atoms with Gasteiger partial charge in [-0.2, -0.15) is 5.10 Å². The molecule has 0 atom stereocenters. The Bertz CT molecular complexity index is 647. The van der Waals surface area contributed by atoms with E-state index in [0.29, 0.717) is 18.1 Å². The van der Waals surface area contributed by atoms with E-state index < -0.39 is 10.0 Å². The van der Waals surface area contributed by atoms with E-state index in [1.165, 1.54) is 19.2 Å². The van der Waals surface area contributed by atoms with Crippen molar-refractivity contribution in [2.75, 3.05) is 11.8 Å². The molecule has 0 radical (unpaired) electrons. The summed E-state index contributed by atoms with van der Waals surface area (Å²) in [5.74, 6) is 1.05. The summed E-state index contributed by atoms with van der Waals surface area (Å²) in [5, 5.41) is 4.01. The maximum atomic E-state index is 12.2. The third-order valence-electron chi connectivity index (χ3n) is 2.62. The third kappa shape index (κ3) is 2.87. The highest BCUT2D eigenvalue weighted by molar-refractivity contribution is 7.92. The molecular formula is C12H15N3O3S. The second-order valence-electron chi connectivity index (χ2n) is 3.81. The Kier molecular flexibility index (Phi) is 3.75. The molecule has 0 bridgehead atoms. The van der Waals surface area contributed by atoms with Gasteiger partial charge in [0.1, 0.15) is 11.6 Å². The third-order valence-corrected chi connectivity index (χ3v) is 4.00. The minimum atomic E-state index is -3.61. The van der Waals surface area contributed by atoms with Crippen molar-refractivity contribution in [1.29, 1.82) is 0 Å². The van der Waals surface area contributed by atoms with Gasteiger partial charge in [0, 0.05) is 12.6 Å². The summed E-state index contributed by atoms with van der Waals surface area (Å²) < 4.78 is 33.4. The van der Waals surface area contributed by atoms with Crippen molar-refractivity contribution in [2.24, 2.45) is 0 Å². The highest BCUT2D eigenvalue weighted by Gasteiger charge is 2.16. The standard InChI is InChI=1S/C12H15N3O3S/c1-3-15-12(8-9-13-15)14-19(16,17)11-6-4-10(18-2)5-7-11/h4-9,14H,3H2,1-2H3. The molecule has 1 heterocycles. The summed E-state index contributed by atoms with van der Waals surface area (Å²) >= 11 is 0. The maximum Gasteiger partial charge on any atom is 0.263 e. The molecule has 0 fully saturated rings. The lowest BCUT2D eigenvalue weighted by molar-refractivity contribution is 0.414. The van der Waals surface area contributed by atoms with E-state index in [1.54, 1.807) is 29.1 Å². The topological polar surface area (TPSA) is 73.2 Å². The van der Waals surface area contributed by atoms with Crippen molar-refractivity contribution in [3.05, 3.63) is 36.5 Å². The molecule has 6 nitrogen and oxygen atoms in total. The summed E-state index contributed by atoms with van der Waals surface area (Å²) in [6.07, 6.45) is 1.55. The molecule has 0 amide bonds. The Morgan fingerprint density at radius 3 is 2.53 bits per heavy atom. The zero-order valence-corrected chi connectivity index (χ0v) is 11.5. The maximum absolute atomic E-state index is 12.2. The van der Waals surface area contributed by atoms with Crippen molar-refractivity contribution in [3.63, 3.8) is 0 Å². The fraction of sp³-hybridized carbons (Fsp3) is 0.250. The second-order valence-corrected chi connectivity index (χ2v) is 5.50. The molecule has 0 saturated heterocycles. The monoisotopic (exact) mass is 281 g/mol. The van der Waals surface area contributed by atoms with E-state index in [9.17, 15) is 8.42 Å². The number of sulfonamides is 1. The van der Waals surface area contributed by atoms with E-state index in [1.807, 2.05) is 6.92 Å². The van der Waals surface area contributed by atoms with Crippen LogP contribution in [0.2, 0.25) is 0 Å². The van der Waals surface area contributed by atoms with Gasteiger partial charge in [0.05, 0.1) is 18.2 Å². The normalized spacial score (nSPS) is 11.3. The summed E-state index contributed by atoms with van der Waals surface area (Å²) in [7, 11) is -2.08. The molecule has 0 spiro atoms. The Hall–Kier alpha value is -2.02. The molecular weight excluding hydrogens is 266 g/mol. The average molecular weight is 281 g/mol. The molecule has 0 saturated carbocycles. The van der Waals surface area contributed by atoms with Crippen LogP contribution in [-0.4, -0.2) is 25.3 Å². The highest BCUT2D eigenvalue weighted by Crippen LogP contribution is 2.18. The molecule has 1 aromatic carbocycles. The lowest BCUT2D eigenvalue weighted by Gasteiger charge is -2.09. The number of rotatable bonds is 5. The van der Waals surface area contributed by atoms with Crippen LogP contribution in [0.4, 0.5) is 5.82 Å². The number of aryl methyl sites for hydroxylation is 1. The van der Waals surface area contributed by atoms with Gasteiger partial charge in [-0.1, -0.05) is 0 Å². The number of hydrogen-bond acceptors (Lipinski definition) is 4. The van der Waals surface area contributed by atoms with Crippen LogP contribution in [0.3, 0.4) is 0 Å². The summed E-state index contributed by atoms with van der Waals surface area (Å²) in [4.78, 5) is 0.178. The Balaban J connectivity index is 2.27. The lowest BCUT2D eigenvalue weighted by atomic mass is 10.3. The van der Waals surface area contributed by atoms with E-state index in [4.69, 9.17) is 4.74 Å². The lowest BCUT2D eigenvalue weighted by Crippen LogP contribution is -2.16. The molecule has 0 aliphatic rings. The van der Waals surface area contributed by atoms with Crippen LogP contribution in [0.1, 0.15) is 6.92 Å². The van der Waals surface area contributed by atoms with Gasteiger partial charge in [-0.05, 0) is 31.2 Å². The fourth-order valence-electron chi connectivity index (χ4n) is 1.62. The van der Waals surface area contributed by atoms with Crippen LogP contribution in [0.5, 0.6) is 5.75 Å². The molecule has 0 aliphatic carbocycles. The quantitative estimate of drug-likeness (QED) is 0.905. The van der Waals surface area contributed by atoms with E-state index >= 15 is 0 Å². The zero-order chi connectivity index (χ0) is 13.9. The van der Waals surface area contributed by atoms with Crippen LogP contribution in [0, 0.1) is 0 Å². The molecule has 19 heavy (non-hydrogen) atoms. The number of methoxy groups -OCH3 is 1. The summed E-state index contributed by atoms with van der Waals surface area (Å²) in [5.41, 5.74) is 0. The van der Waals surface area contributed by atoms with E-state index in [0.717, 1.165) is 0 Å². The van der Waals surface area contributed by atoms with E-state index in [2.05, 4.69) is 9.82 Å². The first-order valence-corrected chi connectivity index (χ1v) is 7.24. The SMILES string of the molecule is CCn1nccc1NS(=O)(=O)c1ccc(OC)cc1. The first kappa shape index (κ1) is 13.4. The van der Waals surface area contributed by atoms with Crippen LogP contribution >= 0.6 is 0 Å². The van der Waals surface area contributed by atoms with Crippen molar-refractivity contribution in [2.45, 2.75) is 18.4 Å². The summed E-state index contributed by atoms with van der Waals surface area (Å²) in [6, 6.07) is 7.81. The largest absolute Gasteiger partial charge is 0.497 e. The minimum absolute atomic E-state index is 0.178. The number of anilines is 1. The number of benzene rings is 1. The molecule has 2 rings (SSSR count). The highest BCUT2D eigenvalue weighted by atomic mass is 32.2. The number of ether oxygens (including phenoxy) is 1. The Morgan fingerprint density at radius 2 is 1.95 bits per heavy atom. The first-order valence-electron chi connectivity index (χ1n) is 5.75. The van der Waals surface area contributed by atoms with Gasteiger partial charge in [-0.25, -0.2) is 13.1 Å². The van der Waals surface area contributed by atoms with Crippen LogP contribution < -0.4 is 9.46 Å². The molecule has 0 aliphatic heterocycles. The molecule has 2 aromatic rings. The number of nitrogens with one attached hydrogen (secondary N) is 1. The number of aromatic nitrogens is 2. The van der Waals surface area contributed by atoms with Gasteiger partial charge in [0.25, 0.3) is 10.0 Å². The zero-order valence-electron chi connectivity index (χ0n) is 10.7. The van der Waals surface area contributed by atoms with Gasteiger partial charge < -0.3 is 4.74 Å². The van der Waals surface area contributed by atoms with Crippen molar-refractivity contribution in [3.8, 4) is 5.75 Å².